The Morgan fingerprint density at radius 3 is 2.36 bits per heavy atom. The molecule has 0 fully saturated rings. The Morgan fingerprint density at radius 1 is 1.04 bits per heavy atom. The molecule has 0 saturated heterocycles. The second-order valence-corrected chi connectivity index (χ2v) is 6.22. The topological polar surface area (TPSA) is 134 Å². The SMILES string of the molecule is COc1ccc(CCNC(=O)NC(CCCCCC(=O)O)C(=O)O)cc1OC. The van der Waals surface area contributed by atoms with Gasteiger partial charge in [-0.3, -0.25) is 4.79 Å². The van der Waals surface area contributed by atoms with Gasteiger partial charge in [0.25, 0.3) is 0 Å². The molecule has 0 aliphatic carbocycles. The number of urea groups is 1. The average Bonchev–Trinajstić information content (AvgIpc) is 2.66. The summed E-state index contributed by atoms with van der Waals surface area (Å²) < 4.78 is 10.4. The maximum atomic E-state index is 11.9. The number of nitrogens with one attached hydrogen (secondary N) is 2. The summed E-state index contributed by atoms with van der Waals surface area (Å²) in [7, 11) is 3.09. The lowest BCUT2D eigenvalue weighted by molar-refractivity contribution is -0.139. The van der Waals surface area contributed by atoms with E-state index in [1.807, 2.05) is 12.1 Å². The van der Waals surface area contributed by atoms with E-state index in [1.54, 1.807) is 20.3 Å². The fourth-order valence-corrected chi connectivity index (χ4v) is 2.62. The minimum absolute atomic E-state index is 0.0573. The number of benzene rings is 1. The van der Waals surface area contributed by atoms with Crippen molar-refractivity contribution in [2.45, 2.75) is 44.6 Å². The van der Waals surface area contributed by atoms with E-state index in [2.05, 4.69) is 10.6 Å². The molecular weight excluding hydrogens is 368 g/mol. The number of hydrogen-bond donors (Lipinski definition) is 4. The van der Waals surface area contributed by atoms with Crippen molar-refractivity contribution in [3.05, 3.63) is 23.8 Å². The highest BCUT2D eigenvalue weighted by Gasteiger charge is 2.19. The van der Waals surface area contributed by atoms with Gasteiger partial charge in [-0.2, -0.15) is 0 Å². The number of aliphatic carboxylic acids is 2. The maximum absolute atomic E-state index is 11.9. The zero-order chi connectivity index (χ0) is 20.9. The van der Waals surface area contributed by atoms with Crippen molar-refractivity contribution in [2.75, 3.05) is 20.8 Å². The molecule has 4 N–H and O–H groups in total. The first-order chi connectivity index (χ1) is 13.4. The van der Waals surface area contributed by atoms with Gasteiger partial charge in [-0.25, -0.2) is 9.59 Å². The number of carbonyl (C=O) groups is 3. The normalized spacial score (nSPS) is 11.4. The number of methoxy groups -OCH3 is 2. The summed E-state index contributed by atoms with van der Waals surface area (Å²) in [5, 5.41) is 22.9. The van der Waals surface area contributed by atoms with Crippen molar-refractivity contribution >= 4 is 18.0 Å². The molecule has 1 rings (SSSR count). The number of carbonyl (C=O) groups excluding carboxylic acids is 1. The van der Waals surface area contributed by atoms with Gasteiger partial charge < -0.3 is 30.3 Å². The van der Waals surface area contributed by atoms with E-state index in [-0.39, 0.29) is 12.8 Å². The minimum atomic E-state index is -1.12. The van der Waals surface area contributed by atoms with Crippen LogP contribution in [0.15, 0.2) is 18.2 Å². The van der Waals surface area contributed by atoms with Gasteiger partial charge in [0, 0.05) is 13.0 Å². The van der Waals surface area contributed by atoms with Crippen molar-refractivity contribution in [2.24, 2.45) is 0 Å². The summed E-state index contributed by atoms with van der Waals surface area (Å²) in [6.45, 7) is 0.326. The Hall–Kier alpha value is -2.97. The molecule has 0 radical (unpaired) electrons. The molecule has 9 heteroatoms. The summed E-state index contributed by atoms with van der Waals surface area (Å²) in [5.41, 5.74) is 0.936. The smallest absolute Gasteiger partial charge is 0.326 e. The van der Waals surface area contributed by atoms with E-state index >= 15 is 0 Å². The Kier molecular flexibility index (Phi) is 10.2. The van der Waals surface area contributed by atoms with Gasteiger partial charge in [0.2, 0.25) is 0 Å². The fourth-order valence-electron chi connectivity index (χ4n) is 2.62. The van der Waals surface area contributed by atoms with E-state index in [9.17, 15) is 19.5 Å². The van der Waals surface area contributed by atoms with Crippen molar-refractivity contribution in [3.63, 3.8) is 0 Å². The second kappa shape index (κ2) is 12.4. The van der Waals surface area contributed by atoms with Gasteiger partial charge in [-0.1, -0.05) is 18.9 Å². The van der Waals surface area contributed by atoms with E-state index in [4.69, 9.17) is 14.6 Å². The van der Waals surface area contributed by atoms with Crippen LogP contribution in [-0.4, -0.2) is 55.0 Å². The molecular formula is C19H28N2O7. The van der Waals surface area contributed by atoms with E-state index < -0.39 is 24.0 Å². The number of unbranched alkanes of at least 4 members (excludes halogenated alkanes) is 2. The van der Waals surface area contributed by atoms with Crippen LogP contribution in [0.4, 0.5) is 4.79 Å². The molecule has 0 spiro atoms. The lowest BCUT2D eigenvalue weighted by atomic mass is 10.1. The first kappa shape index (κ1) is 23.1. The predicted molar refractivity (Wildman–Crippen MR) is 102 cm³/mol. The monoisotopic (exact) mass is 396 g/mol. The zero-order valence-corrected chi connectivity index (χ0v) is 16.2. The lowest BCUT2D eigenvalue weighted by Gasteiger charge is -2.15. The highest BCUT2D eigenvalue weighted by atomic mass is 16.5. The minimum Gasteiger partial charge on any atom is -0.493 e. The maximum Gasteiger partial charge on any atom is 0.326 e. The van der Waals surface area contributed by atoms with Crippen LogP contribution in [0.5, 0.6) is 11.5 Å². The molecule has 0 aliphatic heterocycles. The largest absolute Gasteiger partial charge is 0.493 e. The third kappa shape index (κ3) is 8.61. The standard InChI is InChI=1S/C19H28N2O7/c1-27-15-9-8-13(12-16(15)28-2)10-11-20-19(26)21-14(18(24)25)6-4-3-5-7-17(22)23/h8-9,12,14H,3-7,10-11H2,1-2H3,(H,22,23)(H,24,25)(H2,20,21,26). The molecule has 2 amide bonds. The Labute approximate surface area is 164 Å². The summed E-state index contributed by atoms with van der Waals surface area (Å²) in [6, 6.07) is 3.89. The third-order valence-electron chi connectivity index (χ3n) is 4.13. The van der Waals surface area contributed by atoms with Gasteiger partial charge in [0.1, 0.15) is 6.04 Å². The number of amides is 2. The molecule has 9 nitrogen and oxygen atoms in total. The van der Waals surface area contributed by atoms with Gasteiger partial charge in [-0.15, -0.1) is 0 Å². The van der Waals surface area contributed by atoms with Crippen LogP contribution >= 0.6 is 0 Å². The fraction of sp³-hybridized carbons (Fsp3) is 0.526. The van der Waals surface area contributed by atoms with Crippen molar-refractivity contribution in [1.29, 1.82) is 0 Å². The number of hydrogen-bond acceptors (Lipinski definition) is 5. The van der Waals surface area contributed by atoms with Crippen molar-refractivity contribution in [3.8, 4) is 11.5 Å². The Bertz CT molecular complexity index is 664. The van der Waals surface area contributed by atoms with E-state index in [1.165, 1.54) is 0 Å². The van der Waals surface area contributed by atoms with Crippen molar-refractivity contribution < 1.29 is 34.1 Å². The van der Waals surface area contributed by atoms with Gasteiger partial charge in [-0.05, 0) is 37.0 Å². The molecule has 1 unspecified atom stereocenters. The van der Waals surface area contributed by atoms with Crippen LogP contribution in [0.1, 0.15) is 37.7 Å². The first-order valence-electron chi connectivity index (χ1n) is 9.07. The predicted octanol–water partition coefficient (Wildman–Crippen LogP) is 2.03. The molecule has 1 aromatic carbocycles. The molecule has 0 saturated carbocycles. The zero-order valence-electron chi connectivity index (χ0n) is 16.2. The summed E-state index contributed by atoms with van der Waals surface area (Å²) in [4.78, 5) is 33.7. The molecule has 28 heavy (non-hydrogen) atoms. The molecule has 0 heterocycles. The number of carboxylic acid groups (broad SMARTS) is 2. The van der Waals surface area contributed by atoms with Gasteiger partial charge >= 0.3 is 18.0 Å². The quantitative estimate of drug-likeness (QED) is 0.375. The van der Waals surface area contributed by atoms with Gasteiger partial charge in [0.15, 0.2) is 11.5 Å². The Morgan fingerprint density at radius 2 is 1.75 bits per heavy atom. The van der Waals surface area contributed by atoms with Crippen molar-refractivity contribution in [1.82, 2.24) is 10.6 Å². The van der Waals surface area contributed by atoms with Crippen LogP contribution in [0.2, 0.25) is 0 Å². The molecule has 156 valence electrons. The lowest BCUT2D eigenvalue weighted by Crippen LogP contribution is -2.46. The number of carboxylic acids is 2. The summed E-state index contributed by atoms with van der Waals surface area (Å²) >= 11 is 0. The molecule has 0 aromatic heterocycles. The Balaban J connectivity index is 2.38. The molecule has 0 aliphatic rings. The van der Waals surface area contributed by atoms with Crippen LogP contribution < -0.4 is 20.1 Å². The number of ether oxygens (including phenoxy) is 2. The summed E-state index contributed by atoms with van der Waals surface area (Å²) in [5.74, 6) is -0.780. The van der Waals surface area contributed by atoms with Crippen LogP contribution in [-0.2, 0) is 16.0 Å². The summed E-state index contributed by atoms with van der Waals surface area (Å²) in [6.07, 6.45) is 2.45. The third-order valence-corrected chi connectivity index (χ3v) is 4.13. The van der Waals surface area contributed by atoms with E-state index in [0.29, 0.717) is 43.7 Å². The van der Waals surface area contributed by atoms with E-state index in [0.717, 1.165) is 5.56 Å². The molecule has 0 bridgehead atoms. The molecule has 1 aromatic rings. The second-order valence-electron chi connectivity index (χ2n) is 6.22. The van der Waals surface area contributed by atoms with Crippen LogP contribution in [0.25, 0.3) is 0 Å². The number of rotatable bonds is 13. The van der Waals surface area contributed by atoms with Gasteiger partial charge in [0.05, 0.1) is 14.2 Å². The first-order valence-corrected chi connectivity index (χ1v) is 9.07. The molecule has 1 atom stereocenters. The van der Waals surface area contributed by atoms with Crippen LogP contribution in [0, 0.1) is 0 Å². The average molecular weight is 396 g/mol. The van der Waals surface area contributed by atoms with Crippen LogP contribution in [0.3, 0.4) is 0 Å². The highest BCUT2D eigenvalue weighted by Crippen LogP contribution is 2.27. The highest BCUT2D eigenvalue weighted by molar-refractivity contribution is 5.82.